The van der Waals surface area contributed by atoms with E-state index in [9.17, 15) is 14.7 Å². The first-order valence-corrected chi connectivity index (χ1v) is 6.78. The molecule has 0 aliphatic heterocycles. The fraction of sp³-hybridized carbons (Fsp3) is 0.267. The van der Waals surface area contributed by atoms with Gasteiger partial charge in [0.05, 0.1) is 11.9 Å². The van der Waals surface area contributed by atoms with Crippen LogP contribution >= 0.6 is 0 Å². The third-order valence-corrected chi connectivity index (χ3v) is 3.15. The van der Waals surface area contributed by atoms with Crippen LogP contribution in [0.15, 0.2) is 36.5 Å². The Morgan fingerprint density at radius 3 is 2.41 bits per heavy atom. The van der Waals surface area contributed by atoms with E-state index in [4.69, 9.17) is 5.11 Å². The lowest BCUT2D eigenvalue weighted by Gasteiger charge is -2.17. The largest absolute Gasteiger partial charge is 0.504 e. The number of hydrogen-bond acceptors (Lipinski definition) is 4. The van der Waals surface area contributed by atoms with Crippen molar-refractivity contribution in [2.45, 2.75) is 19.9 Å². The van der Waals surface area contributed by atoms with Gasteiger partial charge >= 0.3 is 5.97 Å². The molecule has 116 valence electrons. The highest BCUT2D eigenvalue weighted by Gasteiger charge is 2.26. The Kier molecular flexibility index (Phi) is 4.45. The molecular formula is C15H17N3O4. The monoisotopic (exact) mass is 303 g/mol. The molecule has 0 saturated carbocycles. The van der Waals surface area contributed by atoms with Crippen molar-refractivity contribution in [2.75, 3.05) is 0 Å². The maximum Gasteiger partial charge on any atom is 0.326 e. The number of aliphatic carboxylic acids is 1. The molecule has 0 unspecified atom stereocenters. The van der Waals surface area contributed by atoms with Gasteiger partial charge in [-0.3, -0.25) is 4.79 Å². The van der Waals surface area contributed by atoms with Gasteiger partial charge in [-0.1, -0.05) is 32.0 Å². The molecule has 0 fully saturated rings. The number of nitrogens with zero attached hydrogens (tertiary/aromatic N) is 2. The minimum absolute atomic E-state index is 0.212. The van der Waals surface area contributed by atoms with Crippen molar-refractivity contribution in [3.05, 3.63) is 42.2 Å². The molecule has 0 aliphatic rings. The van der Waals surface area contributed by atoms with Crippen molar-refractivity contribution in [2.24, 2.45) is 5.92 Å². The Morgan fingerprint density at radius 1 is 1.23 bits per heavy atom. The van der Waals surface area contributed by atoms with Crippen molar-refractivity contribution >= 4 is 11.9 Å². The molecule has 22 heavy (non-hydrogen) atoms. The molecule has 0 radical (unpaired) electrons. The second-order valence-electron chi connectivity index (χ2n) is 5.18. The van der Waals surface area contributed by atoms with E-state index >= 15 is 0 Å². The maximum absolute atomic E-state index is 12.1. The summed E-state index contributed by atoms with van der Waals surface area (Å²) in [6, 6.07) is 7.92. The van der Waals surface area contributed by atoms with Crippen LogP contribution in [0.25, 0.3) is 5.69 Å². The summed E-state index contributed by atoms with van der Waals surface area (Å²) in [6.07, 6.45) is 1.30. The SMILES string of the molecule is CC(C)[C@H](NC(=O)c1nn(-c2ccccc2)cc1O)C(=O)O. The van der Waals surface area contributed by atoms with Gasteiger partial charge in [-0.2, -0.15) is 5.10 Å². The molecular weight excluding hydrogens is 286 g/mol. The summed E-state index contributed by atoms with van der Waals surface area (Å²) in [5.74, 6) is -2.47. The third kappa shape index (κ3) is 3.25. The lowest BCUT2D eigenvalue weighted by Crippen LogP contribution is -2.44. The van der Waals surface area contributed by atoms with Crippen LogP contribution in [0.4, 0.5) is 0 Å². The van der Waals surface area contributed by atoms with Gasteiger partial charge in [0, 0.05) is 0 Å². The van der Waals surface area contributed by atoms with E-state index in [0.29, 0.717) is 5.69 Å². The molecule has 0 spiro atoms. The van der Waals surface area contributed by atoms with Crippen LogP contribution in [0.2, 0.25) is 0 Å². The van der Waals surface area contributed by atoms with Crippen molar-refractivity contribution < 1.29 is 19.8 Å². The quantitative estimate of drug-likeness (QED) is 0.775. The second kappa shape index (κ2) is 6.30. The Morgan fingerprint density at radius 2 is 1.86 bits per heavy atom. The zero-order valence-electron chi connectivity index (χ0n) is 12.2. The molecule has 0 saturated heterocycles. The number of para-hydroxylation sites is 1. The predicted molar refractivity (Wildman–Crippen MR) is 79.0 cm³/mol. The lowest BCUT2D eigenvalue weighted by molar-refractivity contribution is -0.140. The molecule has 1 heterocycles. The number of amides is 1. The first-order valence-electron chi connectivity index (χ1n) is 6.78. The third-order valence-electron chi connectivity index (χ3n) is 3.15. The van der Waals surface area contributed by atoms with Gasteiger partial charge in [0.2, 0.25) is 0 Å². The Hall–Kier alpha value is -2.83. The van der Waals surface area contributed by atoms with E-state index < -0.39 is 17.9 Å². The van der Waals surface area contributed by atoms with Crippen molar-refractivity contribution in [3.63, 3.8) is 0 Å². The van der Waals surface area contributed by atoms with E-state index in [1.54, 1.807) is 38.1 Å². The van der Waals surface area contributed by atoms with Crippen LogP contribution < -0.4 is 5.32 Å². The van der Waals surface area contributed by atoms with Gasteiger partial charge < -0.3 is 15.5 Å². The summed E-state index contributed by atoms with van der Waals surface area (Å²) < 4.78 is 1.36. The zero-order valence-corrected chi connectivity index (χ0v) is 12.2. The number of carboxylic acid groups (broad SMARTS) is 1. The number of benzene rings is 1. The molecule has 3 N–H and O–H groups in total. The van der Waals surface area contributed by atoms with Crippen LogP contribution in [0.1, 0.15) is 24.3 Å². The maximum atomic E-state index is 12.1. The highest BCUT2D eigenvalue weighted by atomic mass is 16.4. The number of aromatic hydroxyl groups is 1. The topological polar surface area (TPSA) is 104 Å². The van der Waals surface area contributed by atoms with Crippen LogP contribution in [0, 0.1) is 5.92 Å². The second-order valence-corrected chi connectivity index (χ2v) is 5.18. The van der Waals surface area contributed by atoms with Crippen LogP contribution in [0.5, 0.6) is 5.75 Å². The fourth-order valence-electron chi connectivity index (χ4n) is 1.96. The fourth-order valence-corrected chi connectivity index (χ4v) is 1.96. The van der Waals surface area contributed by atoms with Gasteiger partial charge in [-0.15, -0.1) is 0 Å². The zero-order chi connectivity index (χ0) is 16.3. The minimum Gasteiger partial charge on any atom is -0.504 e. The number of hydrogen-bond donors (Lipinski definition) is 3. The van der Waals surface area contributed by atoms with Gasteiger partial charge in [0.25, 0.3) is 5.91 Å². The Bertz CT molecular complexity index is 679. The highest BCUT2D eigenvalue weighted by molar-refractivity contribution is 5.97. The van der Waals surface area contributed by atoms with Crippen LogP contribution in [-0.2, 0) is 4.79 Å². The molecule has 1 amide bonds. The minimum atomic E-state index is -1.13. The summed E-state index contributed by atoms with van der Waals surface area (Å²) >= 11 is 0. The van der Waals surface area contributed by atoms with Crippen LogP contribution in [-0.4, -0.2) is 37.9 Å². The van der Waals surface area contributed by atoms with E-state index in [-0.39, 0.29) is 17.4 Å². The van der Waals surface area contributed by atoms with Gasteiger partial charge in [0.1, 0.15) is 6.04 Å². The molecule has 2 aromatic rings. The average Bonchev–Trinajstić information content (AvgIpc) is 2.87. The molecule has 1 aromatic carbocycles. The molecule has 1 aromatic heterocycles. The van der Waals surface area contributed by atoms with Gasteiger partial charge in [0.15, 0.2) is 11.4 Å². The molecule has 7 nitrogen and oxygen atoms in total. The standard InChI is InChI=1S/C15H17N3O4/c1-9(2)12(15(21)22)16-14(20)13-11(19)8-18(17-13)10-6-4-3-5-7-10/h3-9,12,19H,1-2H3,(H,16,20)(H,21,22)/t12-/m0/s1. The van der Waals surface area contributed by atoms with Crippen molar-refractivity contribution in [1.29, 1.82) is 0 Å². The van der Waals surface area contributed by atoms with E-state index in [1.165, 1.54) is 10.9 Å². The molecule has 7 heteroatoms. The predicted octanol–water partition coefficient (Wildman–Crippen LogP) is 1.42. The van der Waals surface area contributed by atoms with Crippen LogP contribution in [0.3, 0.4) is 0 Å². The number of carbonyl (C=O) groups is 2. The Labute approximate surface area is 127 Å². The average molecular weight is 303 g/mol. The molecule has 0 aliphatic carbocycles. The summed E-state index contributed by atoms with van der Waals surface area (Å²) in [5.41, 5.74) is 0.464. The number of nitrogens with one attached hydrogen (secondary N) is 1. The normalized spacial score (nSPS) is 12.1. The summed E-state index contributed by atoms with van der Waals surface area (Å²) in [4.78, 5) is 23.2. The van der Waals surface area contributed by atoms with E-state index in [0.717, 1.165) is 0 Å². The molecule has 1 atom stereocenters. The smallest absolute Gasteiger partial charge is 0.326 e. The van der Waals surface area contributed by atoms with Gasteiger partial charge in [-0.25, -0.2) is 9.48 Å². The summed E-state index contributed by atoms with van der Waals surface area (Å²) in [6.45, 7) is 3.36. The molecule has 0 bridgehead atoms. The van der Waals surface area contributed by atoms with Crippen molar-refractivity contribution in [3.8, 4) is 11.4 Å². The van der Waals surface area contributed by atoms with Crippen molar-refractivity contribution in [1.82, 2.24) is 15.1 Å². The lowest BCUT2D eigenvalue weighted by atomic mass is 10.0. The molecule has 2 rings (SSSR count). The number of carbonyl (C=O) groups excluding carboxylic acids is 1. The number of rotatable bonds is 5. The number of carboxylic acids is 1. The summed E-state index contributed by atoms with van der Waals surface area (Å²) in [7, 11) is 0. The van der Waals surface area contributed by atoms with Gasteiger partial charge in [-0.05, 0) is 18.1 Å². The Balaban J connectivity index is 2.24. The first-order chi connectivity index (χ1) is 10.4. The highest BCUT2D eigenvalue weighted by Crippen LogP contribution is 2.18. The summed E-state index contributed by atoms with van der Waals surface area (Å²) in [5, 5.41) is 25.3. The van der Waals surface area contributed by atoms with E-state index in [2.05, 4.69) is 10.4 Å². The van der Waals surface area contributed by atoms with E-state index in [1.807, 2.05) is 6.07 Å². The first kappa shape index (κ1) is 15.6. The number of aromatic nitrogens is 2.